The van der Waals surface area contributed by atoms with Crippen LogP contribution >= 0.6 is 0 Å². The third kappa shape index (κ3) is 2.29. The van der Waals surface area contributed by atoms with Crippen LogP contribution in [0.5, 0.6) is 0 Å². The summed E-state index contributed by atoms with van der Waals surface area (Å²) in [4.78, 5) is 10.6. The third-order valence-corrected chi connectivity index (χ3v) is 1.20. The van der Waals surface area contributed by atoms with Crippen molar-refractivity contribution in [2.45, 2.75) is 6.54 Å². The van der Waals surface area contributed by atoms with Crippen LogP contribution in [-0.2, 0) is 11.3 Å². The largest absolute Gasteiger partial charge is 0.467 e. The van der Waals surface area contributed by atoms with Gasteiger partial charge in [0, 0.05) is 0 Å². The molecular formula is C8H9NO2. The monoisotopic (exact) mass is 151 g/mol. The minimum atomic E-state index is -0.193. The van der Waals surface area contributed by atoms with Crippen molar-refractivity contribution in [2.75, 3.05) is 0 Å². The van der Waals surface area contributed by atoms with E-state index in [1.807, 2.05) is 0 Å². The molecule has 0 spiro atoms. The molecule has 1 heterocycles. The van der Waals surface area contributed by atoms with Crippen LogP contribution in [0.4, 0.5) is 0 Å². The van der Waals surface area contributed by atoms with Crippen LogP contribution in [-0.4, -0.2) is 5.91 Å². The first-order valence-corrected chi connectivity index (χ1v) is 3.25. The van der Waals surface area contributed by atoms with E-state index in [4.69, 9.17) is 4.42 Å². The van der Waals surface area contributed by atoms with Gasteiger partial charge in [-0.15, -0.1) is 0 Å². The van der Waals surface area contributed by atoms with E-state index in [9.17, 15) is 4.79 Å². The summed E-state index contributed by atoms with van der Waals surface area (Å²) in [5.74, 6) is 0.543. The van der Waals surface area contributed by atoms with Crippen LogP contribution < -0.4 is 5.32 Å². The van der Waals surface area contributed by atoms with E-state index < -0.39 is 0 Å². The lowest BCUT2D eigenvalue weighted by molar-refractivity contribution is -0.116. The van der Waals surface area contributed by atoms with Gasteiger partial charge in [-0.05, 0) is 18.2 Å². The SMILES string of the molecule is C=CC(=O)NCc1ccco1. The molecule has 3 heteroatoms. The zero-order chi connectivity index (χ0) is 8.10. The van der Waals surface area contributed by atoms with Crippen molar-refractivity contribution in [3.63, 3.8) is 0 Å². The van der Waals surface area contributed by atoms with Gasteiger partial charge in [0.05, 0.1) is 12.8 Å². The predicted octanol–water partition coefficient (Wildman–Crippen LogP) is 1.08. The number of carbonyl (C=O) groups is 1. The highest BCUT2D eigenvalue weighted by molar-refractivity contribution is 5.86. The Morgan fingerprint density at radius 2 is 2.64 bits per heavy atom. The summed E-state index contributed by atoms with van der Waals surface area (Å²) >= 11 is 0. The van der Waals surface area contributed by atoms with Crippen molar-refractivity contribution in [1.29, 1.82) is 0 Å². The summed E-state index contributed by atoms with van der Waals surface area (Å²) < 4.78 is 4.98. The van der Waals surface area contributed by atoms with Crippen molar-refractivity contribution in [3.8, 4) is 0 Å². The van der Waals surface area contributed by atoms with Crippen LogP contribution in [0.2, 0.25) is 0 Å². The van der Waals surface area contributed by atoms with E-state index >= 15 is 0 Å². The second kappa shape index (κ2) is 3.61. The van der Waals surface area contributed by atoms with Gasteiger partial charge in [0.2, 0.25) is 5.91 Å². The van der Waals surface area contributed by atoms with Gasteiger partial charge < -0.3 is 9.73 Å². The lowest BCUT2D eigenvalue weighted by Crippen LogP contribution is -2.19. The number of amides is 1. The zero-order valence-electron chi connectivity index (χ0n) is 6.04. The summed E-state index contributed by atoms with van der Waals surface area (Å²) in [6.45, 7) is 3.73. The topological polar surface area (TPSA) is 42.2 Å². The van der Waals surface area contributed by atoms with Crippen molar-refractivity contribution < 1.29 is 9.21 Å². The Morgan fingerprint density at radius 3 is 3.18 bits per heavy atom. The molecule has 3 nitrogen and oxygen atoms in total. The standard InChI is InChI=1S/C8H9NO2/c1-2-8(10)9-6-7-4-3-5-11-7/h2-5H,1,6H2,(H,9,10). The maximum atomic E-state index is 10.6. The van der Waals surface area contributed by atoms with Gasteiger partial charge in [-0.3, -0.25) is 4.79 Å². The molecule has 0 saturated carbocycles. The average Bonchev–Trinajstić information content (AvgIpc) is 2.52. The Hall–Kier alpha value is -1.51. The molecule has 0 aliphatic carbocycles. The number of hydrogen-bond acceptors (Lipinski definition) is 2. The smallest absolute Gasteiger partial charge is 0.243 e. The molecule has 0 radical (unpaired) electrons. The molecule has 0 aliphatic heterocycles. The number of carbonyl (C=O) groups excluding carboxylic acids is 1. The van der Waals surface area contributed by atoms with E-state index in [-0.39, 0.29) is 5.91 Å². The van der Waals surface area contributed by atoms with Crippen molar-refractivity contribution >= 4 is 5.91 Å². The molecular weight excluding hydrogens is 142 g/mol. The molecule has 0 saturated heterocycles. The molecule has 11 heavy (non-hydrogen) atoms. The third-order valence-electron chi connectivity index (χ3n) is 1.20. The Kier molecular flexibility index (Phi) is 2.49. The number of hydrogen-bond donors (Lipinski definition) is 1. The first kappa shape index (κ1) is 7.60. The normalized spacial score (nSPS) is 9.09. The van der Waals surface area contributed by atoms with Crippen LogP contribution in [0.3, 0.4) is 0 Å². The predicted molar refractivity (Wildman–Crippen MR) is 40.8 cm³/mol. The van der Waals surface area contributed by atoms with Gasteiger partial charge in [-0.25, -0.2) is 0 Å². The number of rotatable bonds is 3. The molecule has 0 atom stereocenters. The molecule has 0 aromatic carbocycles. The fourth-order valence-corrected chi connectivity index (χ4v) is 0.660. The highest BCUT2D eigenvalue weighted by Crippen LogP contribution is 1.97. The second-order valence-corrected chi connectivity index (χ2v) is 2.00. The van der Waals surface area contributed by atoms with Gasteiger partial charge >= 0.3 is 0 Å². The molecule has 0 bridgehead atoms. The number of furan rings is 1. The summed E-state index contributed by atoms with van der Waals surface area (Å²) in [6, 6.07) is 3.57. The van der Waals surface area contributed by atoms with Crippen LogP contribution in [0.25, 0.3) is 0 Å². The van der Waals surface area contributed by atoms with Crippen molar-refractivity contribution in [2.24, 2.45) is 0 Å². The molecule has 1 N–H and O–H groups in total. The molecule has 0 unspecified atom stereocenters. The lowest BCUT2D eigenvalue weighted by atomic mass is 10.4. The van der Waals surface area contributed by atoms with Gasteiger partial charge in [0.1, 0.15) is 5.76 Å². The summed E-state index contributed by atoms with van der Waals surface area (Å²) in [5.41, 5.74) is 0. The lowest BCUT2D eigenvalue weighted by Gasteiger charge is -1.96. The van der Waals surface area contributed by atoms with Gasteiger partial charge in [-0.1, -0.05) is 6.58 Å². The van der Waals surface area contributed by atoms with Crippen LogP contribution in [0.15, 0.2) is 35.5 Å². The Bertz CT molecular complexity index is 239. The molecule has 0 fully saturated rings. The molecule has 0 aliphatic rings. The Balaban J connectivity index is 2.34. The van der Waals surface area contributed by atoms with E-state index in [1.165, 1.54) is 6.08 Å². The molecule has 58 valence electrons. The zero-order valence-corrected chi connectivity index (χ0v) is 6.04. The van der Waals surface area contributed by atoms with E-state index in [0.717, 1.165) is 5.76 Å². The fraction of sp³-hybridized carbons (Fsp3) is 0.125. The fourth-order valence-electron chi connectivity index (χ4n) is 0.660. The highest BCUT2D eigenvalue weighted by Gasteiger charge is 1.96. The van der Waals surface area contributed by atoms with Crippen LogP contribution in [0, 0.1) is 0 Å². The maximum Gasteiger partial charge on any atom is 0.243 e. The first-order valence-electron chi connectivity index (χ1n) is 3.25. The minimum Gasteiger partial charge on any atom is -0.467 e. The maximum absolute atomic E-state index is 10.6. The molecule has 1 aromatic heterocycles. The minimum absolute atomic E-state index is 0.193. The molecule has 1 rings (SSSR count). The Morgan fingerprint density at radius 1 is 1.82 bits per heavy atom. The van der Waals surface area contributed by atoms with Crippen LogP contribution in [0.1, 0.15) is 5.76 Å². The van der Waals surface area contributed by atoms with Gasteiger partial charge in [0.25, 0.3) is 0 Å². The first-order chi connectivity index (χ1) is 5.33. The molecule has 1 amide bonds. The number of nitrogens with one attached hydrogen (secondary N) is 1. The van der Waals surface area contributed by atoms with Gasteiger partial charge in [-0.2, -0.15) is 0 Å². The molecule has 1 aromatic rings. The highest BCUT2D eigenvalue weighted by atomic mass is 16.3. The van der Waals surface area contributed by atoms with E-state index in [0.29, 0.717) is 6.54 Å². The summed E-state index contributed by atoms with van der Waals surface area (Å²) in [6.07, 6.45) is 2.79. The van der Waals surface area contributed by atoms with Crippen molar-refractivity contribution in [3.05, 3.63) is 36.8 Å². The summed E-state index contributed by atoms with van der Waals surface area (Å²) in [5, 5.41) is 2.58. The van der Waals surface area contributed by atoms with E-state index in [2.05, 4.69) is 11.9 Å². The second-order valence-electron chi connectivity index (χ2n) is 2.00. The summed E-state index contributed by atoms with van der Waals surface area (Å²) in [7, 11) is 0. The van der Waals surface area contributed by atoms with Crippen molar-refractivity contribution in [1.82, 2.24) is 5.32 Å². The quantitative estimate of drug-likeness (QED) is 0.657. The van der Waals surface area contributed by atoms with Gasteiger partial charge in [0.15, 0.2) is 0 Å². The average molecular weight is 151 g/mol. The van der Waals surface area contributed by atoms with E-state index in [1.54, 1.807) is 18.4 Å². The Labute approximate surface area is 64.7 Å².